The minimum atomic E-state index is -0.846. The van der Waals surface area contributed by atoms with Crippen LogP contribution >= 0.6 is 15.9 Å². The van der Waals surface area contributed by atoms with Crippen molar-refractivity contribution in [3.63, 3.8) is 0 Å². The quantitative estimate of drug-likeness (QED) is 0.318. The summed E-state index contributed by atoms with van der Waals surface area (Å²) in [4.78, 5) is 28.2. The normalized spacial score (nSPS) is 15.7. The molecule has 1 aliphatic rings. The Morgan fingerprint density at radius 2 is 1.79 bits per heavy atom. The van der Waals surface area contributed by atoms with Gasteiger partial charge in [0.2, 0.25) is 5.91 Å². The van der Waals surface area contributed by atoms with Crippen molar-refractivity contribution in [3.05, 3.63) is 80.6 Å². The first kappa shape index (κ1) is 28.9. The van der Waals surface area contributed by atoms with Crippen molar-refractivity contribution < 1.29 is 23.1 Å². The Morgan fingerprint density at radius 3 is 2.41 bits per heavy atom. The number of hydrogen-bond acceptors (Lipinski definition) is 5. The molecule has 0 N–H and O–H groups in total. The predicted molar refractivity (Wildman–Crippen MR) is 146 cm³/mol. The summed E-state index contributed by atoms with van der Waals surface area (Å²) < 4.78 is 35.6. The molecular weight excluding hydrogens is 570 g/mol. The summed E-state index contributed by atoms with van der Waals surface area (Å²) in [5, 5.41) is 8.41. The molecule has 39 heavy (non-hydrogen) atoms. The smallest absolute Gasteiger partial charge is 0.312 e. The van der Waals surface area contributed by atoms with Crippen molar-refractivity contribution in [3.8, 4) is 0 Å². The van der Waals surface area contributed by atoms with Gasteiger partial charge in [0.1, 0.15) is 11.6 Å². The van der Waals surface area contributed by atoms with Gasteiger partial charge in [0, 0.05) is 41.8 Å². The largest absolute Gasteiger partial charge is 0.466 e. The van der Waals surface area contributed by atoms with Gasteiger partial charge < -0.3 is 9.64 Å². The summed E-state index contributed by atoms with van der Waals surface area (Å²) in [5.74, 6) is -1.59. The summed E-state index contributed by atoms with van der Waals surface area (Å²) in [5.41, 5.74) is 3.15. The summed E-state index contributed by atoms with van der Waals surface area (Å²) >= 11 is 3.50. The average Bonchev–Trinajstić information content (AvgIpc) is 3.34. The van der Waals surface area contributed by atoms with Crippen molar-refractivity contribution in [1.82, 2.24) is 19.9 Å². The Balaban J connectivity index is 1.48. The van der Waals surface area contributed by atoms with Crippen LogP contribution in [0.3, 0.4) is 0 Å². The Labute approximate surface area is 235 Å². The van der Waals surface area contributed by atoms with E-state index in [4.69, 9.17) is 4.74 Å². The molecule has 2 heterocycles. The Bertz CT molecular complexity index is 1350. The van der Waals surface area contributed by atoms with Crippen LogP contribution in [0.25, 0.3) is 0 Å². The fourth-order valence-corrected chi connectivity index (χ4v) is 6.00. The maximum absolute atomic E-state index is 14.3. The molecule has 0 unspecified atom stereocenters. The molecule has 10 heteroatoms. The Kier molecular flexibility index (Phi) is 8.83. The van der Waals surface area contributed by atoms with Crippen LogP contribution in [-0.4, -0.2) is 51.5 Å². The highest BCUT2D eigenvalue weighted by molar-refractivity contribution is 9.10. The minimum absolute atomic E-state index is 0.0297. The lowest BCUT2D eigenvalue weighted by atomic mass is 9.74. The van der Waals surface area contributed by atoms with E-state index in [9.17, 15) is 18.4 Å². The molecule has 0 bridgehead atoms. The molecule has 1 aliphatic heterocycles. The highest BCUT2D eigenvalue weighted by Crippen LogP contribution is 2.37. The van der Waals surface area contributed by atoms with Crippen LogP contribution in [0, 0.1) is 30.9 Å². The maximum atomic E-state index is 14.3. The topological polar surface area (TPSA) is 77.3 Å². The second-order valence-electron chi connectivity index (χ2n) is 10.3. The van der Waals surface area contributed by atoms with Crippen LogP contribution in [-0.2, 0) is 27.2 Å². The van der Waals surface area contributed by atoms with Gasteiger partial charge in [-0.2, -0.15) is 0 Å². The number of likely N-dealkylation sites (tertiary alicyclic amines) is 1. The van der Waals surface area contributed by atoms with E-state index in [2.05, 4.69) is 26.2 Å². The zero-order valence-electron chi connectivity index (χ0n) is 22.6. The molecule has 1 fully saturated rings. The van der Waals surface area contributed by atoms with E-state index in [1.807, 2.05) is 30.9 Å². The molecule has 0 radical (unpaired) electrons. The van der Waals surface area contributed by atoms with E-state index in [1.54, 1.807) is 20.0 Å². The van der Waals surface area contributed by atoms with Crippen molar-refractivity contribution >= 4 is 27.8 Å². The van der Waals surface area contributed by atoms with Gasteiger partial charge in [0.15, 0.2) is 0 Å². The monoisotopic (exact) mass is 602 g/mol. The summed E-state index contributed by atoms with van der Waals surface area (Å²) in [6, 6.07) is 6.94. The lowest BCUT2D eigenvalue weighted by Gasteiger charge is -2.39. The zero-order chi connectivity index (χ0) is 28.3. The van der Waals surface area contributed by atoms with Gasteiger partial charge in [-0.1, -0.05) is 27.2 Å². The minimum Gasteiger partial charge on any atom is -0.466 e. The van der Waals surface area contributed by atoms with Crippen molar-refractivity contribution in [2.45, 2.75) is 59.4 Å². The number of hydrogen-bond donors (Lipinski definition) is 0. The Morgan fingerprint density at radius 1 is 1.13 bits per heavy atom. The lowest BCUT2D eigenvalue weighted by Crippen LogP contribution is -2.48. The molecule has 7 nitrogen and oxygen atoms in total. The zero-order valence-corrected chi connectivity index (χ0v) is 24.2. The second kappa shape index (κ2) is 11.9. The third-order valence-electron chi connectivity index (χ3n) is 7.66. The van der Waals surface area contributed by atoms with Gasteiger partial charge in [-0.25, -0.2) is 13.5 Å². The van der Waals surface area contributed by atoms with Gasteiger partial charge in [0.05, 0.1) is 30.2 Å². The average molecular weight is 604 g/mol. The number of amides is 1. The number of carbonyl (C=O) groups is 2. The molecule has 3 aromatic rings. The van der Waals surface area contributed by atoms with Crippen LogP contribution in [0.2, 0.25) is 0 Å². The van der Waals surface area contributed by atoms with E-state index in [0.29, 0.717) is 38.0 Å². The van der Waals surface area contributed by atoms with E-state index >= 15 is 0 Å². The lowest BCUT2D eigenvalue weighted by molar-refractivity contribution is -0.160. The van der Waals surface area contributed by atoms with Crippen molar-refractivity contribution in [1.29, 1.82) is 0 Å². The van der Waals surface area contributed by atoms with Crippen molar-refractivity contribution in [2.75, 3.05) is 19.7 Å². The number of halogens is 3. The highest BCUT2D eigenvalue weighted by Gasteiger charge is 2.44. The second-order valence-corrected chi connectivity index (χ2v) is 11.2. The van der Waals surface area contributed by atoms with Crippen molar-refractivity contribution in [2.24, 2.45) is 5.41 Å². The molecule has 1 saturated heterocycles. The number of aromatic nitrogens is 3. The van der Waals surface area contributed by atoms with Gasteiger partial charge in [-0.3, -0.25) is 9.59 Å². The number of aryl methyl sites for hydroxylation is 2. The molecule has 0 saturated carbocycles. The molecular formula is C29H33BrF2N4O3. The highest BCUT2D eigenvalue weighted by atomic mass is 79.9. The number of benzene rings is 2. The maximum Gasteiger partial charge on any atom is 0.312 e. The first-order valence-corrected chi connectivity index (χ1v) is 13.9. The third-order valence-corrected chi connectivity index (χ3v) is 8.11. The fraction of sp³-hybridized carbons (Fsp3) is 0.448. The number of piperidine rings is 1. The summed E-state index contributed by atoms with van der Waals surface area (Å²) in [6.45, 7) is 8.62. The predicted octanol–water partition coefficient (Wildman–Crippen LogP) is 5.50. The van der Waals surface area contributed by atoms with Gasteiger partial charge >= 0.3 is 5.97 Å². The van der Waals surface area contributed by atoms with Gasteiger partial charge in [0.25, 0.3) is 0 Å². The van der Waals surface area contributed by atoms with Crippen LogP contribution in [0.1, 0.15) is 60.7 Å². The van der Waals surface area contributed by atoms with E-state index < -0.39 is 23.1 Å². The summed E-state index contributed by atoms with van der Waals surface area (Å²) in [6.07, 6.45) is 3.15. The van der Waals surface area contributed by atoms with Crippen LogP contribution in [0.5, 0.6) is 0 Å². The third kappa shape index (κ3) is 6.37. The molecule has 0 aliphatic carbocycles. The molecule has 2 aromatic carbocycles. The molecule has 4 rings (SSSR count). The number of rotatable bonds is 8. The standard InChI is InChI=1S/C29H33BrF2N4O3/c1-5-39-28(38)29(16-23-17-36(34-33-23)20(4)24-7-6-22(31)14-26(24)32)8-10-35(11-9-29)27(37)15-25-18(2)12-21(30)13-19(25)3/h6-7,12-14,17,20H,5,8-11,15-16H2,1-4H3/t20-/m1/s1. The number of ether oxygens (including phenoxy) is 1. The van der Waals surface area contributed by atoms with Crippen LogP contribution in [0.15, 0.2) is 41.0 Å². The van der Waals surface area contributed by atoms with Crippen LogP contribution < -0.4 is 0 Å². The van der Waals surface area contributed by atoms with Gasteiger partial charge in [-0.05, 0) is 75.4 Å². The fourth-order valence-electron chi connectivity index (χ4n) is 5.32. The van der Waals surface area contributed by atoms with Gasteiger partial charge in [-0.15, -0.1) is 5.10 Å². The first-order chi connectivity index (χ1) is 18.5. The summed E-state index contributed by atoms with van der Waals surface area (Å²) in [7, 11) is 0. The van der Waals surface area contributed by atoms with E-state index in [1.165, 1.54) is 16.8 Å². The molecule has 0 spiro atoms. The molecule has 1 atom stereocenters. The first-order valence-electron chi connectivity index (χ1n) is 13.1. The van der Waals surface area contributed by atoms with Crippen LogP contribution in [0.4, 0.5) is 8.78 Å². The van der Waals surface area contributed by atoms with E-state index in [-0.39, 0.29) is 30.5 Å². The molecule has 1 amide bonds. The number of carbonyl (C=O) groups excluding carboxylic acids is 2. The number of esters is 1. The molecule has 1 aromatic heterocycles. The van der Waals surface area contributed by atoms with E-state index in [0.717, 1.165) is 27.2 Å². The Hall–Kier alpha value is -3.14. The SMILES string of the molecule is CCOC(=O)C1(Cc2cn([C@H](C)c3ccc(F)cc3F)nn2)CCN(C(=O)Cc2c(C)cc(Br)cc2C)CC1. The molecule has 208 valence electrons. The number of nitrogens with zero attached hydrogens (tertiary/aromatic N) is 4.